The zero-order valence-electron chi connectivity index (χ0n) is 15.5. The van der Waals surface area contributed by atoms with Gasteiger partial charge in [-0.25, -0.2) is 0 Å². The fourth-order valence-electron chi connectivity index (χ4n) is 2.80. The number of hydrogen-bond acceptors (Lipinski definition) is 4. The molecule has 0 saturated carbocycles. The summed E-state index contributed by atoms with van der Waals surface area (Å²) in [6.45, 7) is 6.20. The maximum Gasteiger partial charge on any atom is 0.287 e. The molecular formula is C21H23NO4. The van der Waals surface area contributed by atoms with Crippen molar-refractivity contribution in [3.05, 3.63) is 59.4 Å². The molecule has 0 aliphatic rings. The van der Waals surface area contributed by atoms with Gasteiger partial charge in [-0.2, -0.15) is 0 Å². The molecule has 26 heavy (non-hydrogen) atoms. The van der Waals surface area contributed by atoms with Gasteiger partial charge in [0.2, 0.25) is 0 Å². The lowest BCUT2D eigenvalue weighted by molar-refractivity contribution is 0.0906. The van der Waals surface area contributed by atoms with Crippen LogP contribution in [0.4, 0.5) is 0 Å². The first-order valence-corrected chi connectivity index (χ1v) is 8.56. The Labute approximate surface area is 152 Å². The average Bonchev–Trinajstić information content (AvgIpc) is 2.97. The summed E-state index contributed by atoms with van der Waals surface area (Å²) < 4.78 is 16.7. The van der Waals surface area contributed by atoms with Crippen LogP contribution in [0.3, 0.4) is 0 Å². The molecular weight excluding hydrogens is 330 g/mol. The monoisotopic (exact) mass is 353 g/mol. The van der Waals surface area contributed by atoms with Crippen LogP contribution in [-0.2, 0) is 0 Å². The van der Waals surface area contributed by atoms with Gasteiger partial charge in [0, 0.05) is 10.9 Å². The van der Waals surface area contributed by atoms with E-state index < -0.39 is 0 Å². The van der Waals surface area contributed by atoms with Crippen molar-refractivity contribution in [1.29, 1.82) is 0 Å². The summed E-state index contributed by atoms with van der Waals surface area (Å²) in [5, 5.41) is 3.85. The molecule has 1 unspecified atom stereocenters. The highest BCUT2D eigenvalue weighted by molar-refractivity contribution is 5.99. The maximum absolute atomic E-state index is 12.5. The van der Waals surface area contributed by atoms with E-state index in [1.54, 1.807) is 7.11 Å². The summed E-state index contributed by atoms with van der Waals surface area (Å²) in [4.78, 5) is 12.5. The number of rotatable bonds is 6. The van der Waals surface area contributed by atoms with Crippen molar-refractivity contribution in [1.82, 2.24) is 5.32 Å². The van der Waals surface area contributed by atoms with E-state index in [2.05, 4.69) is 5.32 Å². The highest BCUT2D eigenvalue weighted by Gasteiger charge is 2.18. The Morgan fingerprint density at radius 1 is 1.12 bits per heavy atom. The van der Waals surface area contributed by atoms with Crippen LogP contribution in [0.2, 0.25) is 0 Å². The second kappa shape index (κ2) is 7.52. The van der Waals surface area contributed by atoms with E-state index in [4.69, 9.17) is 13.9 Å². The number of fused-ring (bicyclic) bond motifs is 1. The van der Waals surface area contributed by atoms with Gasteiger partial charge < -0.3 is 19.2 Å². The van der Waals surface area contributed by atoms with Gasteiger partial charge in [-0.05, 0) is 57.2 Å². The molecule has 0 aliphatic carbocycles. The minimum atomic E-state index is -0.235. The van der Waals surface area contributed by atoms with Crippen molar-refractivity contribution in [2.75, 3.05) is 13.7 Å². The topological polar surface area (TPSA) is 60.7 Å². The Bertz CT molecular complexity index is 912. The van der Waals surface area contributed by atoms with Gasteiger partial charge in [-0.3, -0.25) is 4.79 Å². The van der Waals surface area contributed by atoms with Crippen LogP contribution in [0, 0.1) is 13.8 Å². The first-order chi connectivity index (χ1) is 12.5. The molecule has 1 atom stereocenters. The third-order valence-corrected chi connectivity index (χ3v) is 4.24. The van der Waals surface area contributed by atoms with E-state index in [0.717, 1.165) is 33.6 Å². The van der Waals surface area contributed by atoms with E-state index in [0.29, 0.717) is 12.3 Å². The van der Waals surface area contributed by atoms with Gasteiger partial charge in [-0.1, -0.05) is 11.6 Å². The molecule has 0 aliphatic heterocycles. The minimum absolute atomic E-state index is 0.181. The maximum atomic E-state index is 12.5. The molecule has 3 rings (SSSR count). The molecule has 0 radical (unpaired) electrons. The predicted molar refractivity (Wildman–Crippen MR) is 101 cm³/mol. The van der Waals surface area contributed by atoms with Crippen molar-refractivity contribution in [3.63, 3.8) is 0 Å². The van der Waals surface area contributed by atoms with Crippen LogP contribution in [0.15, 0.2) is 46.9 Å². The number of nitrogens with one attached hydrogen (secondary N) is 1. The molecule has 1 aromatic heterocycles. The summed E-state index contributed by atoms with van der Waals surface area (Å²) in [6, 6.07) is 13.2. The number of methoxy groups -OCH3 is 1. The van der Waals surface area contributed by atoms with E-state index in [-0.39, 0.29) is 12.0 Å². The Kier molecular flexibility index (Phi) is 5.16. The zero-order chi connectivity index (χ0) is 18.7. The molecule has 5 nitrogen and oxygen atoms in total. The van der Waals surface area contributed by atoms with Crippen molar-refractivity contribution in [3.8, 4) is 11.5 Å². The van der Waals surface area contributed by atoms with Crippen molar-refractivity contribution in [2.45, 2.75) is 26.9 Å². The van der Waals surface area contributed by atoms with E-state index in [1.165, 1.54) is 0 Å². The summed E-state index contributed by atoms with van der Waals surface area (Å²) in [5.41, 5.74) is 2.71. The van der Waals surface area contributed by atoms with Crippen molar-refractivity contribution < 1.29 is 18.7 Å². The molecule has 1 amide bonds. The third-order valence-electron chi connectivity index (χ3n) is 4.24. The van der Waals surface area contributed by atoms with Gasteiger partial charge in [0.05, 0.1) is 13.7 Å². The molecule has 0 saturated heterocycles. The van der Waals surface area contributed by atoms with Gasteiger partial charge in [0.15, 0.2) is 5.76 Å². The predicted octanol–water partition coefficient (Wildman–Crippen LogP) is 4.26. The molecule has 1 N–H and O–H groups in total. The number of carbonyl (C=O) groups is 1. The molecule has 0 spiro atoms. The van der Waals surface area contributed by atoms with Crippen LogP contribution in [0.25, 0.3) is 11.0 Å². The first kappa shape index (κ1) is 17.9. The van der Waals surface area contributed by atoms with Crippen LogP contribution in [0.5, 0.6) is 11.5 Å². The SMILES string of the molecule is COc1ccc(OC(C)CNC(=O)c2oc3ccc(C)cc3c2C)cc1. The zero-order valence-corrected chi connectivity index (χ0v) is 15.5. The number of ether oxygens (including phenoxy) is 2. The van der Waals surface area contributed by atoms with Crippen LogP contribution in [0.1, 0.15) is 28.6 Å². The first-order valence-electron chi connectivity index (χ1n) is 8.56. The van der Waals surface area contributed by atoms with E-state index in [9.17, 15) is 4.79 Å². The van der Waals surface area contributed by atoms with Crippen LogP contribution in [-0.4, -0.2) is 25.7 Å². The van der Waals surface area contributed by atoms with Crippen molar-refractivity contribution >= 4 is 16.9 Å². The number of aryl methyl sites for hydroxylation is 2. The largest absolute Gasteiger partial charge is 0.497 e. The molecule has 5 heteroatoms. The summed E-state index contributed by atoms with van der Waals surface area (Å²) >= 11 is 0. The molecule has 1 heterocycles. The molecule has 3 aromatic rings. The van der Waals surface area contributed by atoms with E-state index in [1.807, 2.05) is 63.2 Å². The Balaban J connectivity index is 1.62. The van der Waals surface area contributed by atoms with E-state index >= 15 is 0 Å². The smallest absolute Gasteiger partial charge is 0.287 e. The summed E-state index contributed by atoms with van der Waals surface area (Å²) in [6.07, 6.45) is -0.181. The lowest BCUT2D eigenvalue weighted by atomic mass is 10.1. The normalized spacial score (nSPS) is 12.0. The second-order valence-electron chi connectivity index (χ2n) is 6.37. The number of furan rings is 1. The van der Waals surface area contributed by atoms with Crippen LogP contribution >= 0.6 is 0 Å². The molecule has 0 fully saturated rings. The van der Waals surface area contributed by atoms with Crippen molar-refractivity contribution in [2.24, 2.45) is 0 Å². The molecule has 0 bridgehead atoms. The van der Waals surface area contributed by atoms with Gasteiger partial charge in [-0.15, -0.1) is 0 Å². The summed E-state index contributed by atoms with van der Waals surface area (Å²) in [5.74, 6) is 1.61. The highest BCUT2D eigenvalue weighted by atomic mass is 16.5. The Hall–Kier alpha value is -2.95. The van der Waals surface area contributed by atoms with Crippen LogP contribution < -0.4 is 14.8 Å². The number of benzene rings is 2. The lowest BCUT2D eigenvalue weighted by Gasteiger charge is -2.15. The Morgan fingerprint density at radius 2 is 1.81 bits per heavy atom. The molecule has 2 aromatic carbocycles. The van der Waals surface area contributed by atoms with Gasteiger partial charge in [0.25, 0.3) is 5.91 Å². The number of carbonyl (C=O) groups excluding carboxylic acids is 1. The average molecular weight is 353 g/mol. The Morgan fingerprint density at radius 3 is 2.50 bits per heavy atom. The fourth-order valence-corrected chi connectivity index (χ4v) is 2.80. The quantitative estimate of drug-likeness (QED) is 0.719. The van der Waals surface area contributed by atoms with Gasteiger partial charge in [0.1, 0.15) is 23.2 Å². The summed E-state index contributed by atoms with van der Waals surface area (Å²) in [7, 11) is 1.62. The second-order valence-corrected chi connectivity index (χ2v) is 6.37. The molecule has 136 valence electrons. The number of hydrogen-bond donors (Lipinski definition) is 1. The standard InChI is InChI=1S/C21H23NO4/c1-13-5-10-19-18(11-13)15(3)20(26-19)21(23)22-12-14(2)25-17-8-6-16(24-4)7-9-17/h5-11,14H,12H2,1-4H3,(H,22,23). The van der Waals surface area contributed by atoms with Gasteiger partial charge >= 0.3 is 0 Å². The highest BCUT2D eigenvalue weighted by Crippen LogP contribution is 2.26. The fraction of sp³-hybridized carbons (Fsp3) is 0.286. The number of amides is 1. The lowest BCUT2D eigenvalue weighted by Crippen LogP contribution is -2.33. The minimum Gasteiger partial charge on any atom is -0.497 e. The third kappa shape index (κ3) is 3.82.